The fourth-order valence-electron chi connectivity index (χ4n) is 2.78. The van der Waals surface area contributed by atoms with Crippen LogP contribution in [0.25, 0.3) is 11.6 Å². The average molecular weight is 277 g/mol. The second-order valence-electron chi connectivity index (χ2n) is 5.24. The third-order valence-corrected chi connectivity index (χ3v) is 3.96. The van der Waals surface area contributed by atoms with Crippen LogP contribution < -0.4 is 5.73 Å². The molecular weight excluding hydrogens is 258 g/mol. The van der Waals surface area contributed by atoms with Gasteiger partial charge in [0.1, 0.15) is 17.1 Å². The van der Waals surface area contributed by atoms with Crippen LogP contribution in [0.1, 0.15) is 44.3 Å². The molecule has 2 heterocycles. The number of methoxy groups -OCH3 is 1. The van der Waals surface area contributed by atoms with Gasteiger partial charge in [0, 0.05) is 13.2 Å². The lowest BCUT2D eigenvalue weighted by atomic mass is 9.93. The van der Waals surface area contributed by atoms with Gasteiger partial charge in [0.05, 0.1) is 0 Å². The summed E-state index contributed by atoms with van der Waals surface area (Å²) in [6, 6.07) is 1.67. The molecule has 2 aromatic rings. The Hall–Kier alpha value is -1.89. The third-order valence-electron chi connectivity index (χ3n) is 3.96. The molecular formula is C13H19N5O2. The highest BCUT2D eigenvalue weighted by molar-refractivity contribution is 5.51. The van der Waals surface area contributed by atoms with Crippen molar-refractivity contribution in [3.05, 3.63) is 11.9 Å². The number of aromatic nitrogens is 4. The number of nitrogen functional groups attached to an aromatic ring is 1. The summed E-state index contributed by atoms with van der Waals surface area (Å²) in [4.78, 5) is 4.47. The minimum absolute atomic E-state index is 0.393. The van der Waals surface area contributed by atoms with E-state index in [1.165, 1.54) is 12.8 Å². The molecule has 0 atom stereocenters. The molecule has 0 unspecified atom stereocenters. The molecule has 0 radical (unpaired) electrons. The van der Waals surface area contributed by atoms with Gasteiger partial charge in [0.15, 0.2) is 0 Å². The molecule has 3 N–H and O–H groups in total. The molecule has 1 aliphatic rings. The van der Waals surface area contributed by atoms with E-state index in [4.69, 9.17) is 15.0 Å². The van der Waals surface area contributed by atoms with E-state index in [9.17, 15) is 0 Å². The molecule has 1 saturated carbocycles. The number of aromatic amines is 1. The van der Waals surface area contributed by atoms with Crippen LogP contribution in [0, 0.1) is 0 Å². The van der Waals surface area contributed by atoms with Crippen molar-refractivity contribution in [3.8, 4) is 11.6 Å². The molecule has 108 valence electrons. The Morgan fingerprint density at radius 3 is 2.65 bits per heavy atom. The van der Waals surface area contributed by atoms with Crippen molar-refractivity contribution in [3.63, 3.8) is 0 Å². The number of hydrogen-bond acceptors (Lipinski definition) is 6. The Bertz CT molecular complexity index is 569. The first-order valence-corrected chi connectivity index (χ1v) is 6.94. The molecule has 0 bridgehead atoms. The Morgan fingerprint density at radius 2 is 2.05 bits per heavy atom. The van der Waals surface area contributed by atoms with E-state index >= 15 is 0 Å². The van der Waals surface area contributed by atoms with Crippen molar-refractivity contribution in [1.82, 2.24) is 20.3 Å². The van der Waals surface area contributed by atoms with E-state index in [1.54, 1.807) is 13.2 Å². The fraction of sp³-hybridized carbons (Fsp3) is 0.615. The van der Waals surface area contributed by atoms with Crippen LogP contribution in [0.2, 0.25) is 0 Å². The van der Waals surface area contributed by atoms with E-state index in [2.05, 4.69) is 20.3 Å². The molecule has 1 fully saturated rings. The molecule has 3 rings (SSSR count). The molecule has 0 aromatic carbocycles. The number of anilines is 1. The highest BCUT2D eigenvalue weighted by atomic mass is 16.5. The van der Waals surface area contributed by atoms with Crippen LogP contribution >= 0.6 is 0 Å². The normalized spacial score (nSPS) is 18.9. The summed E-state index contributed by atoms with van der Waals surface area (Å²) in [5.41, 5.74) is 5.78. The molecule has 7 heteroatoms. The first kappa shape index (κ1) is 13.1. The third kappa shape index (κ3) is 2.29. The van der Waals surface area contributed by atoms with Crippen LogP contribution in [0.4, 0.5) is 5.82 Å². The van der Waals surface area contributed by atoms with Crippen LogP contribution in [0.5, 0.6) is 0 Å². The van der Waals surface area contributed by atoms with Gasteiger partial charge in [0.25, 0.3) is 5.89 Å². The van der Waals surface area contributed by atoms with Gasteiger partial charge in [-0.1, -0.05) is 30.8 Å². The Balaban J connectivity index is 1.91. The maximum absolute atomic E-state index is 5.76. The van der Waals surface area contributed by atoms with E-state index in [0.717, 1.165) is 25.7 Å². The predicted octanol–water partition coefficient (Wildman–Crippen LogP) is 2.24. The summed E-state index contributed by atoms with van der Waals surface area (Å²) < 4.78 is 11.1. The number of hydrogen-bond donors (Lipinski definition) is 2. The summed E-state index contributed by atoms with van der Waals surface area (Å²) in [6.07, 6.45) is 6.55. The minimum Gasteiger partial charge on any atom is -0.382 e. The fourth-order valence-corrected chi connectivity index (χ4v) is 2.78. The topological polar surface area (TPSA) is 103 Å². The maximum Gasteiger partial charge on any atom is 0.276 e. The van der Waals surface area contributed by atoms with E-state index < -0.39 is 5.60 Å². The molecule has 0 saturated heterocycles. The molecule has 2 aromatic heterocycles. The number of ether oxygens (including phenoxy) is 1. The highest BCUT2D eigenvalue weighted by Crippen LogP contribution is 2.38. The second kappa shape index (κ2) is 5.24. The summed E-state index contributed by atoms with van der Waals surface area (Å²) in [5, 5.41) is 10.7. The van der Waals surface area contributed by atoms with Gasteiger partial charge >= 0.3 is 0 Å². The number of nitrogens with two attached hydrogens (primary N) is 1. The lowest BCUT2D eigenvalue weighted by Crippen LogP contribution is -2.29. The van der Waals surface area contributed by atoms with Crippen LogP contribution in [-0.2, 0) is 10.3 Å². The minimum atomic E-state index is -0.427. The van der Waals surface area contributed by atoms with Crippen molar-refractivity contribution < 1.29 is 9.26 Å². The van der Waals surface area contributed by atoms with Gasteiger partial charge in [-0.25, -0.2) is 0 Å². The van der Waals surface area contributed by atoms with Crippen molar-refractivity contribution in [2.45, 2.75) is 44.1 Å². The zero-order valence-electron chi connectivity index (χ0n) is 11.6. The number of H-pyrrole nitrogens is 1. The van der Waals surface area contributed by atoms with Gasteiger partial charge in [-0.2, -0.15) is 10.1 Å². The maximum atomic E-state index is 5.76. The molecule has 0 amide bonds. The first-order chi connectivity index (χ1) is 9.73. The van der Waals surface area contributed by atoms with E-state index in [-0.39, 0.29) is 0 Å². The van der Waals surface area contributed by atoms with Crippen molar-refractivity contribution in [1.29, 1.82) is 0 Å². The smallest absolute Gasteiger partial charge is 0.276 e. The van der Waals surface area contributed by atoms with Crippen LogP contribution in [0.3, 0.4) is 0 Å². The summed E-state index contributed by atoms with van der Waals surface area (Å²) >= 11 is 0. The zero-order valence-corrected chi connectivity index (χ0v) is 11.6. The van der Waals surface area contributed by atoms with Crippen molar-refractivity contribution >= 4 is 5.82 Å². The van der Waals surface area contributed by atoms with Gasteiger partial charge in [0.2, 0.25) is 5.82 Å². The summed E-state index contributed by atoms with van der Waals surface area (Å²) in [7, 11) is 1.72. The Morgan fingerprint density at radius 1 is 1.30 bits per heavy atom. The SMILES string of the molecule is COC1(c2noc(-c3cc(N)n[nH]3)n2)CCCCCC1. The molecule has 20 heavy (non-hydrogen) atoms. The lowest BCUT2D eigenvalue weighted by molar-refractivity contribution is -0.0365. The van der Waals surface area contributed by atoms with Gasteiger partial charge in [-0.3, -0.25) is 5.10 Å². The quantitative estimate of drug-likeness (QED) is 0.834. The van der Waals surface area contributed by atoms with Crippen LogP contribution in [-0.4, -0.2) is 27.4 Å². The zero-order chi connectivity index (χ0) is 14.0. The molecule has 1 aliphatic carbocycles. The number of rotatable bonds is 3. The molecule has 0 spiro atoms. The van der Waals surface area contributed by atoms with Crippen molar-refractivity contribution in [2.24, 2.45) is 0 Å². The lowest BCUT2D eigenvalue weighted by Gasteiger charge is -2.27. The Labute approximate surface area is 116 Å². The standard InChI is InChI=1S/C13H19N5O2/c1-19-13(6-4-2-3-5-7-13)12-15-11(20-18-12)9-8-10(14)17-16-9/h8H,2-7H2,1H3,(H3,14,16,17). The van der Waals surface area contributed by atoms with Crippen LogP contribution in [0.15, 0.2) is 10.6 Å². The monoisotopic (exact) mass is 277 g/mol. The first-order valence-electron chi connectivity index (χ1n) is 6.94. The highest BCUT2D eigenvalue weighted by Gasteiger charge is 2.37. The summed E-state index contributed by atoms with van der Waals surface area (Å²) in [5.74, 6) is 1.41. The number of nitrogens with one attached hydrogen (secondary N) is 1. The van der Waals surface area contributed by atoms with Crippen molar-refractivity contribution in [2.75, 3.05) is 12.8 Å². The largest absolute Gasteiger partial charge is 0.382 e. The average Bonchev–Trinajstić information content (AvgIpc) is 3.03. The predicted molar refractivity (Wildman–Crippen MR) is 72.7 cm³/mol. The van der Waals surface area contributed by atoms with Gasteiger partial charge in [-0.15, -0.1) is 0 Å². The van der Waals surface area contributed by atoms with Gasteiger partial charge in [-0.05, 0) is 12.8 Å². The molecule has 0 aliphatic heterocycles. The second-order valence-corrected chi connectivity index (χ2v) is 5.24. The molecule has 7 nitrogen and oxygen atoms in total. The number of nitrogens with zero attached hydrogens (tertiary/aromatic N) is 3. The van der Waals surface area contributed by atoms with E-state index in [1.807, 2.05) is 0 Å². The summed E-state index contributed by atoms with van der Waals surface area (Å²) in [6.45, 7) is 0. The Kier molecular flexibility index (Phi) is 3.43. The van der Waals surface area contributed by atoms with Gasteiger partial charge < -0.3 is 15.0 Å². The van der Waals surface area contributed by atoms with E-state index in [0.29, 0.717) is 23.2 Å².